The van der Waals surface area contributed by atoms with Crippen LogP contribution in [0.25, 0.3) is 10.9 Å². The number of H-pyrrole nitrogens is 1. The third-order valence-electron chi connectivity index (χ3n) is 3.85. The molecule has 0 atom stereocenters. The number of rotatable bonds is 5. The van der Waals surface area contributed by atoms with Crippen molar-refractivity contribution in [2.75, 3.05) is 0 Å². The van der Waals surface area contributed by atoms with E-state index < -0.39 is 0 Å². The Morgan fingerprint density at radius 3 is 2.64 bits per heavy atom. The molecule has 0 unspecified atom stereocenters. The van der Waals surface area contributed by atoms with Gasteiger partial charge in [0.15, 0.2) is 4.77 Å². The number of hydrogen-bond donors (Lipinski definition) is 2. The predicted octanol–water partition coefficient (Wildman–Crippen LogP) is 2.90. The molecule has 2 N–H and O–H groups in total. The molecular formula is C18H16FN3O2S. The topological polar surface area (TPSA) is 66.9 Å². The van der Waals surface area contributed by atoms with Gasteiger partial charge in [-0.2, -0.15) is 0 Å². The molecule has 7 heteroatoms. The molecule has 5 nitrogen and oxygen atoms in total. The minimum Gasteiger partial charge on any atom is -0.352 e. The molecule has 2 aromatic carbocycles. The number of nitrogens with zero attached hydrogens (tertiary/aromatic N) is 1. The molecule has 0 saturated heterocycles. The lowest BCUT2D eigenvalue weighted by atomic mass is 10.2. The minimum absolute atomic E-state index is 0.122. The predicted molar refractivity (Wildman–Crippen MR) is 96.3 cm³/mol. The maximum Gasteiger partial charge on any atom is 0.262 e. The molecule has 1 amide bonds. The van der Waals surface area contributed by atoms with E-state index in [-0.39, 0.29) is 35.0 Å². The molecule has 3 rings (SSSR count). The summed E-state index contributed by atoms with van der Waals surface area (Å²) in [5, 5.41) is 3.27. The number of carbonyl (C=O) groups is 1. The van der Waals surface area contributed by atoms with Gasteiger partial charge in [0, 0.05) is 19.5 Å². The Kier molecular flexibility index (Phi) is 5.04. The van der Waals surface area contributed by atoms with E-state index in [2.05, 4.69) is 10.3 Å². The molecule has 1 heterocycles. The van der Waals surface area contributed by atoms with Gasteiger partial charge in [0.25, 0.3) is 5.56 Å². The van der Waals surface area contributed by atoms with E-state index in [0.29, 0.717) is 17.4 Å². The van der Waals surface area contributed by atoms with E-state index >= 15 is 0 Å². The number of hydrogen-bond acceptors (Lipinski definition) is 3. The quantitative estimate of drug-likeness (QED) is 0.690. The monoisotopic (exact) mass is 357 g/mol. The van der Waals surface area contributed by atoms with Crippen LogP contribution in [0, 0.1) is 10.6 Å². The number of amides is 1. The fourth-order valence-electron chi connectivity index (χ4n) is 2.51. The molecule has 0 aliphatic rings. The second-order valence-electron chi connectivity index (χ2n) is 5.59. The lowest BCUT2D eigenvalue weighted by Gasteiger charge is -2.09. The van der Waals surface area contributed by atoms with Gasteiger partial charge in [-0.3, -0.25) is 14.2 Å². The number of nitrogens with one attached hydrogen (secondary N) is 2. The number of aromatic amines is 1. The molecule has 128 valence electrons. The summed E-state index contributed by atoms with van der Waals surface area (Å²) in [5.74, 6) is -0.529. The Bertz CT molecular complexity index is 1020. The van der Waals surface area contributed by atoms with Crippen LogP contribution >= 0.6 is 12.2 Å². The highest BCUT2D eigenvalue weighted by molar-refractivity contribution is 7.71. The minimum atomic E-state index is -0.319. The molecule has 0 saturated carbocycles. The first-order chi connectivity index (χ1) is 12.0. The summed E-state index contributed by atoms with van der Waals surface area (Å²) >= 11 is 5.21. The lowest BCUT2D eigenvalue weighted by molar-refractivity contribution is -0.121. The number of fused-ring (bicyclic) bond motifs is 1. The van der Waals surface area contributed by atoms with Gasteiger partial charge in [0.1, 0.15) is 5.82 Å². The zero-order valence-corrected chi connectivity index (χ0v) is 14.1. The van der Waals surface area contributed by atoms with E-state index in [1.54, 1.807) is 30.3 Å². The molecule has 3 aromatic rings. The van der Waals surface area contributed by atoms with Gasteiger partial charge >= 0.3 is 0 Å². The maximum atomic E-state index is 12.8. The van der Waals surface area contributed by atoms with Crippen LogP contribution in [-0.4, -0.2) is 15.5 Å². The van der Waals surface area contributed by atoms with Crippen LogP contribution in [-0.2, 0) is 17.9 Å². The van der Waals surface area contributed by atoms with E-state index in [4.69, 9.17) is 12.2 Å². The SMILES string of the molecule is O=C(CCn1c(=S)[nH]c2ccccc2c1=O)NCc1ccc(F)cc1. The largest absolute Gasteiger partial charge is 0.352 e. The smallest absolute Gasteiger partial charge is 0.262 e. The molecule has 0 spiro atoms. The van der Waals surface area contributed by atoms with Crippen LogP contribution in [0.2, 0.25) is 0 Å². The summed E-state index contributed by atoms with van der Waals surface area (Å²) in [6, 6.07) is 13.0. The Balaban J connectivity index is 1.66. The molecule has 25 heavy (non-hydrogen) atoms. The Morgan fingerprint density at radius 1 is 1.16 bits per heavy atom. The highest BCUT2D eigenvalue weighted by Crippen LogP contribution is 2.06. The molecule has 1 aromatic heterocycles. The molecular weight excluding hydrogens is 341 g/mol. The first kappa shape index (κ1) is 17.0. The van der Waals surface area contributed by atoms with Gasteiger partial charge in [0.2, 0.25) is 5.91 Å². The van der Waals surface area contributed by atoms with Crippen LogP contribution in [0.15, 0.2) is 53.3 Å². The molecule has 0 aliphatic heterocycles. The van der Waals surface area contributed by atoms with Crippen molar-refractivity contribution in [3.05, 3.63) is 75.0 Å². The summed E-state index contributed by atoms with van der Waals surface area (Å²) in [5.41, 5.74) is 1.26. The second kappa shape index (κ2) is 7.40. The summed E-state index contributed by atoms with van der Waals surface area (Å²) in [6.07, 6.45) is 0.122. The van der Waals surface area contributed by atoms with E-state index in [0.717, 1.165) is 5.56 Å². The van der Waals surface area contributed by atoms with E-state index in [9.17, 15) is 14.0 Å². The average Bonchev–Trinajstić information content (AvgIpc) is 2.61. The van der Waals surface area contributed by atoms with Crippen LogP contribution in [0.1, 0.15) is 12.0 Å². The average molecular weight is 357 g/mol. The second-order valence-corrected chi connectivity index (χ2v) is 5.97. The van der Waals surface area contributed by atoms with Crippen molar-refractivity contribution in [2.24, 2.45) is 0 Å². The Labute approximate surface area is 148 Å². The summed E-state index contributed by atoms with van der Waals surface area (Å²) in [7, 11) is 0. The van der Waals surface area contributed by atoms with E-state index in [1.165, 1.54) is 16.7 Å². The van der Waals surface area contributed by atoms with Crippen LogP contribution in [0.5, 0.6) is 0 Å². The highest BCUT2D eigenvalue weighted by atomic mass is 32.1. The molecule has 0 aliphatic carbocycles. The van der Waals surface area contributed by atoms with Gasteiger partial charge < -0.3 is 10.3 Å². The van der Waals surface area contributed by atoms with Crippen LogP contribution < -0.4 is 10.9 Å². The first-order valence-electron chi connectivity index (χ1n) is 7.77. The maximum absolute atomic E-state index is 12.8. The lowest BCUT2D eigenvalue weighted by Crippen LogP contribution is -2.28. The van der Waals surface area contributed by atoms with Crippen molar-refractivity contribution < 1.29 is 9.18 Å². The first-order valence-corrected chi connectivity index (χ1v) is 8.18. The van der Waals surface area contributed by atoms with Crippen molar-refractivity contribution in [3.63, 3.8) is 0 Å². The molecule has 0 fully saturated rings. The van der Waals surface area contributed by atoms with Gasteiger partial charge in [-0.25, -0.2) is 4.39 Å². The number of benzene rings is 2. The van der Waals surface area contributed by atoms with Crippen molar-refractivity contribution in [1.82, 2.24) is 14.9 Å². The summed E-state index contributed by atoms with van der Waals surface area (Å²) in [4.78, 5) is 27.5. The molecule has 0 radical (unpaired) electrons. The summed E-state index contributed by atoms with van der Waals surface area (Å²) < 4.78 is 14.5. The fourth-order valence-corrected chi connectivity index (χ4v) is 2.79. The van der Waals surface area contributed by atoms with Gasteiger partial charge in [-0.1, -0.05) is 24.3 Å². The van der Waals surface area contributed by atoms with E-state index in [1.807, 2.05) is 6.07 Å². The van der Waals surface area contributed by atoms with Crippen molar-refractivity contribution >= 4 is 29.0 Å². The zero-order chi connectivity index (χ0) is 17.8. The van der Waals surface area contributed by atoms with Gasteiger partial charge in [-0.05, 0) is 42.0 Å². The third kappa shape index (κ3) is 4.00. The van der Waals surface area contributed by atoms with Gasteiger partial charge in [0.05, 0.1) is 10.9 Å². The standard InChI is InChI=1S/C18H16FN3O2S/c19-13-7-5-12(6-8-13)11-20-16(23)9-10-22-17(24)14-3-1-2-4-15(14)21-18(22)25/h1-8H,9-11H2,(H,20,23)(H,21,25). The van der Waals surface area contributed by atoms with Crippen molar-refractivity contribution in [1.29, 1.82) is 0 Å². The Hall–Kier alpha value is -2.80. The number of halogens is 1. The number of para-hydroxylation sites is 1. The highest BCUT2D eigenvalue weighted by Gasteiger charge is 2.08. The third-order valence-corrected chi connectivity index (χ3v) is 4.18. The Morgan fingerprint density at radius 2 is 1.88 bits per heavy atom. The normalized spacial score (nSPS) is 10.8. The number of carbonyl (C=O) groups excluding carboxylic acids is 1. The van der Waals surface area contributed by atoms with Crippen LogP contribution in [0.4, 0.5) is 4.39 Å². The molecule has 0 bridgehead atoms. The van der Waals surface area contributed by atoms with Crippen LogP contribution in [0.3, 0.4) is 0 Å². The summed E-state index contributed by atoms with van der Waals surface area (Å²) in [6.45, 7) is 0.493. The number of aromatic nitrogens is 2. The van der Waals surface area contributed by atoms with Crippen molar-refractivity contribution in [3.8, 4) is 0 Å². The van der Waals surface area contributed by atoms with Crippen molar-refractivity contribution in [2.45, 2.75) is 19.5 Å². The zero-order valence-electron chi connectivity index (χ0n) is 13.3. The van der Waals surface area contributed by atoms with Gasteiger partial charge in [-0.15, -0.1) is 0 Å². The fraction of sp³-hybridized carbons (Fsp3) is 0.167.